The number of nitrogens with one attached hydrogen (secondary N) is 1. The van der Waals surface area contributed by atoms with Crippen molar-refractivity contribution in [1.82, 2.24) is 5.32 Å². The van der Waals surface area contributed by atoms with Gasteiger partial charge in [0.15, 0.2) is 0 Å². The third kappa shape index (κ3) is 39.2. The topological polar surface area (TPSA) is 105 Å². The second-order valence-electron chi connectivity index (χ2n) is 16.8. The van der Waals surface area contributed by atoms with Crippen LogP contribution in [-0.2, 0) is 18.4 Å². The number of hydrogen-bond donors (Lipinski definition) is 3. The molecule has 54 heavy (non-hydrogen) atoms. The average Bonchev–Trinajstić information content (AvgIpc) is 3.12. The van der Waals surface area contributed by atoms with Crippen LogP contribution < -0.4 is 5.32 Å². The molecule has 3 N–H and O–H groups in total. The van der Waals surface area contributed by atoms with Gasteiger partial charge in [-0.1, -0.05) is 179 Å². The molecule has 0 aromatic heterocycles. The number of carbonyl (C=O) groups is 1. The van der Waals surface area contributed by atoms with E-state index in [1.807, 2.05) is 27.2 Å². The van der Waals surface area contributed by atoms with Gasteiger partial charge < -0.3 is 19.8 Å². The molecular formula is C45H90N2O6P+. The Hall–Kier alpha value is -1.02. The third-order valence-corrected chi connectivity index (χ3v) is 11.1. The number of phosphoric acid groups is 1. The second-order valence-corrected chi connectivity index (χ2v) is 18.2. The van der Waals surface area contributed by atoms with E-state index in [4.69, 9.17) is 9.05 Å². The minimum absolute atomic E-state index is 0.0610. The molecule has 0 heterocycles. The zero-order valence-electron chi connectivity index (χ0n) is 36.2. The lowest BCUT2D eigenvalue weighted by molar-refractivity contribution is -0.870. The van der Waals surface area contributed by atoms with Gasteiger partial charge in [0.25, 0.3) is 0 Å². The Morgan fingerprint density at radius 1 is 0.611 bits per heavy atom. The first-order valence-electron chi connectivity index (χ1n) is 22.7. The van der Waals surface area contributed by atoms with E-state index in [-0.39, 0.29) is 19.1 Å². The molecule has 0 aromatic rings. The first kappa shape index (κ1) is 53.0. The zero-order valence-corrected chi connectivity index (χ0v) is 37.1. The zero-order chi connectivity index (χ0) is 40.0. The van der Waals surface area contributed by atoms with Gasteiger partial charge in [-0.15, -0.1) is 0 Å². The number of nitrogens with zero attached hydrogens (tertiary/aromatic N) is 1. The van der Waals surface area contributed by atoms with Gasteiger partial charge in [-0.05, 0) is 44.9 Å². The van der Waals surface area contributed by atoms with E-state index in [1.54, 1.807) is 6.08 Å². The summed E-state index contributed by atoms with van der Waals surface area (Å²) in [6.45, 7) is 4.81. The summed E-state index contributed by atoms with van der Waals surface area (Å²) in [5, 5.41) is 13.8. The summed E-state index contributed by atoms with van der Waals surface area (Å²) in [5.41, 5.74) is 0. The van der Waals surface area contributed by atoms with Crippen molar-refractivity contribution in [2.45, 2.75) is 219 Å². The van der Waals surface area contributed by atoms with Crippen LogP contribution in [0.25, 0.3) is 0 Å². The van der Waals surface area contributed by atoms with Crippen molar-refractivity contribution in [2.24, 2.45) is 0 Å². The van der Waals surface area contributed by atoms with Crippen molar-refractivity contribution in [3.8, 4) is 0 Å². The molecule has 0 saturated heterocycles. The number of hydrogen-bond acceptors (Lipinski definition) is 5. The molecule has 0 rings (SSSR count). The SMILES string of the molecule is CCCCCCCC/C=C\CCCCCCCC(=O)NC(COP(=O)(O)OCC[N+](C)(C)C)C(O)/C=C/CCCCCCCCCCCCCCCCC. The molecule has 0 fully saturated rings. The first-order valence-corrected chi connectivity index (χ1v) is 24.2. The lowest BCUT2D eigenvalue weighted by Crippen LogP contribution is -2.45. The molecule has 0 saturated carbocycles. The van der Waals surface area contributed by atoms with Crippen molar-refractivity contribution in [3.63, 3.8) is 0 Å². The van der Waals surface area contributed by atoms with Crippen LogP contribution in [0.2, 0.25) is 0 Å². The Bertz CT molecular complexity index is 938. The van der Waals surface area contributed by atoms with Crippen LogP contribution in [-0.4, -0.2) is 73.4 Å². The number of unbranched alkanes of at least 4 members (excludes halogenated alkanes) is 26. The molecular weight excluding hydrogens is 695 g/mol. The molecule has 3 unspecified atom stereocenters. The molecule has 1 amide bonds. The molecule has 9 heteroatoms. The number of likely N-dealkylation sites (N-methyl/N-ethyl adjacent to an activating group) is 1. The van der Waals surface area contributed by atoms with Crippen molar-refractivity contribution in [2.75, 3.05) is 40.9 Å². The van der Waals surface area contributed by atoms with Gasteiger partial charge in [0, 0.05) is 6.42 Å². The smallest absolute Gasteiger partial charge is 0.387 e. The van der Waals surface area contributed by atoms with E-state index in [1.165, 1.54) is 135 Å². The van der Waals surface area contributed by atoms with Crippen molar-refractivity contribution in [3.05, 3.63) is 24.3 Å². The van der Waals surface area contributed by atoms with Crippen LogP contribution in [0, 0.1) is 0 Å². The summed E-state index contributed by atoms with van der Waals surface area (Å²) in [4.78, 5) is 23.1. The molecule has 0 aromatic carbocycles. The number of aliphatic hydroxyl groups is 1. The Kier molecular flexibility index (Phi) is 36.8. The Morgan fingerprint density at radius 2 is 1.00 bits per heavy atom. The molecule has 0 spiro atoms. The highest BCUT2D eigenvalue weighted by Gasteiger charge is 2.27. The van der Waals surface area contributed by atoms with Crippen LogP contribution in [0.5, 0.6) is 0 Å². The maximum absolute atomic E-state index is 12.9. The average molecular weight is 786 g/mol. The Morgan fingerprint density at radius 3 is 1.43 bits per heavy atom. The lowest BCUT2D eigenvalue weighted by atomic mass is 10.0. The maximum atomic E-state index is 12.9. The predicted octanol–water partition coefficient (Wildman–Crippen LogP) is 12.5. The number of allylic oxidation sites excluding steroid dienone is 3. The van der Waals surface area contributed by atoms with Crippen molar-refractivity contribution < 1.29 is 32.9 Å². The largest absolute Gasteiger partial charge is 0.472 e. The summed E-state index contributed by atoms with van der Waals surface area (Å²) in [5.74, 6) is -0.185. The van der Waals surface area contributed by atoms with E-state index < -0.39 is 20.0 Å². The van der Waals surface area contributed by atoms with E-state index in [0.717, 1.165) is 51.4 Å². The molecule has 8 nitrogen and oxygen atoms in total. The summed E-state index contributed by atoms with van der Waals surface area (Å²) >= 11 is 0. The molecule has 0 aliphatic rings. The van der Waals surface area contributed by atoms with E-state index in [9.17, 15) is 19.4 Å². The minimum Gasteiger partial charge on any atom is -0.387 e. The summed E-state index contributed by atoms with van der Waals surface area (Å²) in [6.07, 6.45) is 43.8. The number of phosphoric ester groups is 1. The number of rotatable bonds is 41. The van der Waals surface area contributed by atoms with Crippen LogP contribution >= 0.6 is 7.82 Å². The monoisotopic (exact) mass is 786 g/mol. The fourth-order valence-corrected chi connectivity index (χ4v) is 7.24. The van der Waals surface area contributed by atoms with Crippen LogP contribution in [0.1, 0.15) is 206 Å². The van der Waals surface area contributed by atoms with E-state index in [2.05, 4.69) is 31.3 Å². The van der Waals surface area contributed by atoms with Gasteiger partial charge in [0.05, 0.1) is 39.9 Å². The van der Waals surface area contributed by atoms with Gasteiger partial charge in [-0.3, -0.25) is 13.8 Å². The highest BCUT2D eigenvalue weighted by molar-refractivity contribution is 7.47. The number of quaternary nitrogens is 1. The molecule has 0 aliphatic heterocycles. The normalized spacial score (nSPS) is 14.6. The lowest BCUT2D eigenvalue weighted by Gasteiger charge is -2.25. The number of amides is 1. The predicted molar refractivity (Wildman–Crippen MR) is 231 cm³/mol. The Labute approximate surface area is 334 Å². The van der Waals surface area contributed by atoms with Gasteiger partial charge in [0.1, 0.15) is 13.2 Å². The molecule has 320 valence electrons. The van der Waals surface area contributed by atoms with Crippen LogP contribution in [0.4, 0.5) is 0 Å². The number of aliphatic hydroxyl groups excluding tert-OH is 1. The van der Waals surface area contributed by atoms with Gasteiger partial charge in [0.2, 0.25) is 5.91 Å². The standard InChI is InChI=1S/C45H89N2O6P/c1-6-8-10-12-14-16-18-20-22-23-25-26-28-30-32-34-36-38-44(48)43(42-53-54(50,51)52-41-40-47(3,4)5)46-45(49)39-37-35-33-31-29-27-24-21-19-17-15-13-11-9-7-2/h21,24,36,38,43-44,48H,6-20,22-23,25-35,37,39-42H2,1-5H3,(H-,46,49,50,51)/p+1/b24-21-,38-36+. The highest BCUT2D eigenvalue weighted by atomic mass is 31.2. The first-order chi connectivity index (χ1) is 26.0. The van der Waals surface area contributed by atoms with Gasteiger partial charge in [-0.25, -0.2) is 4.57 Å². The highest BCUT2D eigenvalue weighted by Crippen LogP contribution is 2.43. The van der Waals surface area contributed by atoms with Crippen molar-refractivity contribution in [1.29, 1.82) is 0 Å². The van der Waals surface area contributed by atoms with Crippen LogP contribution in [0.15, 0.2) is 24.3 Å². The molecule has 0 radical (unpaired) electrons. The van der Waals surface area contributed by atoms with E-state index in [0.29, 0.717) is 17.4 Å². The molecule has 0 bridgehead atoms. The van der Waals surface area contributed by atoms with E-state index >= 15 is 0 Å². The third-order valence-electron chi connectivity index (χ3n) is 10.2. The Balaban J connectivity index is 4.43. The molecule has 0 aliphatic carbocycles. The molecule has 3 atom stereocenters. The quantitative estimate of drug-likeness (QED) is 0.0247. The maximum Gasteiger partial charge on any atom is 0.472 e. The van der Waals surface area contributed by atoms with Crippen molar-refractivity contribution >= 4 is 13.7 Å². The van der Waals surface area contributed by atoms with Gasteiger partial charge >= 0.3 is 7.82 Å². The second kappa shape index (κ2) is 37.6. The summed E-state index contributed by atoms with van der Waals surface area (Å²) in [6, 6.07) is -0.847. The van der Waals surface area contributed by atoms with Gasteiger partial charge in [-0.2, -0.15) is 0 Å². The number of carbonyl (C=O) groups excluding carboxylic acids is 1. The fourth-order valence-electron chi connectivity index (χ4n) is 6.51. The fraction of sp³-hybridized carbons (Fsp3) is 0.889. The minimum atomic E-state index is -4.34. The summed E-state index contributed by atoms with van der Waals surface area (Å²) in [7, 11) is 1.57. The summed E-state index contributed by atoms with van der Waals surface area (Å²) < 4.78 is 23.6. The van der Waals surface area contributed by atoms with Crippen LogP contribution in [0.3, 0.4) is 0 Å².